The minimum absolute atomic E-state index is 0.201. The van der Waals surface area contributed by atoms with Crippen LogP contribution >= 0.6 is 11.3 Å². The molecule has 0 spiro atoms. The molecule has 0 fully saturated rings. The summed E-state index contributed by atoms with van der Waals surface area (Å²) in [5.41, 5.74) is 0.862. The van der Waals surface area contributed by atoms with E-state index in [2.05, 4.69) is 15.3 Å². The summed E-state index contributed by atoms with van der Waals surface area (Å²) >= 11 is 1.31. The third kappa shape index (κ3) is 3.64. The smallest absolute Gasteiger partial charge is 0.258 e. The molecule has 2 heterocycles. The zero-order valence-corrected chi connectivity index (χ0v) is 15.1. The van der Waals surface area contributed by atoms with Gasteiger partial charge in [0.1, 0.15) is 16.9 Å². The van der Waals surface area contributed by atoms with Crippen LogP contribution in [0.4, 0.5) is 5.00 Å². The summed E-state index contributed by atoms with van der Waals surface area (Å²) in [4.78, 5) is 33.6. The van der Waals surface area contributed by atoms with Crippen LogP contribution in [0.1, 0.15) is 18.3 Å². The lowest BCUT2D eigenvalue weighted by Crippen LogP contribution is -2.39. The summed E-state index contributed by atoms with van der Waals surface area (Å²) in [6, 6.07) is 10.4. The van der Waals surface area contributed by atoms with Gasteiger partial charge in [-0.2, -0.15) is 5.26 Å². The van der Waals surface area contributed by atoms with Gasteiger partial charge in [-0.15, -0.1) is 11.3 Å². The van der Waals surface area contributed by atoms with Gasteiger partial charge >= 0.3 is 0 Å². The Morgan fingerprint density at radius 2 is 2.19 bits per heavy atom. The molecule has 2 N–H and O–H groups in total. The molecule has 0 unspecified atom stereocenters. The summed E-state index contributed by atoms with van der Waals surface area (Å²) in [7, 11) is 1.78. The number of aromatic nitrogens is 2. The van der Waals surface area contributed by atoms with Crippen molar-refractivity contribution >= 4 is 33.1 Å². The van der Waals surface area contributed by atoms with Gasteiger partial charge in [0.15, 0.2) is 0 Å². The zero-order valence-electron chi connectivity index (χ0n) is 14.3. The average Bonchev–Trinajstić information content (AvgIpc) is 3.08. The van der Waals surface area contributed by atoms with E-state index in [1.807, 2.05) is 12.1 Å². The summed E-state index contributed by atoms with van der Waals surface area (Å²) in [5.74, 6) is 0.263. The Balaban J connectivity index is 1.73. The van der Waals surface area contributed by atoms with E-state index in [1.54, 1.807) is 48.5 Å². The first-order valence-corrected chi connectivity index (χ1v) is 8.84. The maximum atomic E-state index is 12.4. The Labute approximate surface area is 153 Å². The summed E-state index contributed by atoms with van der Waals surface area (Å²) in [6.07, 6.45) is 0. The van der Waals surface area contributed by atoms with E-state index < -0.39 is 6.04 Å². The third-order valence-electron chi connectivity index (χ3n) is 4.12. The SMILES string of the molecule is C[C@H](C(=O)Nc1sccc1C#N)N(C)Cc1nc2ccccc2c(=O)[nH]1. The maximum Gasteiger partial charge on any atom is 0.258 e. The molecule has 3 rings (SSSR count). The molecule has 132 valence electrons. The summed E-state index contributed by atoms with van der Waals surface area (Å²) < 4.78 is 0. The predicted octanol–water partition coefficient (Wildman–Crippen LogP) is 2.32. The molecule has 0 saturated carbocycles. The van der Waals surface area contributed by atoms with Crippen molar-refractivity contribution in [3.63, 3.8) is 0 Å². The van der Waals surface area contributed by atoms with E-state index in [0.29, 0.717) is 33.8 Å². The molecular formula is C18H17N5O2S. The minimum atomic E-state index is -0.472. The summed E-state index contributed by atoms with van der Waals surface area (Å²) in [6.45, 7) is 2.07. The van der Waals surface area contributed by atoms with Crippen LogP contribution in [0.25, 0.3) is 10.9 Å². The first kappa shape index (κ1) is 17.8. The second-order valence-corrected chi connectivity index (χ2v) is 6.80. The van der Waals surface area contributed by atoms with E-state index in [-0.39, 0.29) is 11.5 Å². The number of likely N-dealkylation sites (N-methyl/N-ethyl adjacent to an activating group) is 1. The van der Waals surface area contributed by atoms with Crippen LogP contribution in [0.5, 0.6) is 0 Å². The van der Waals surface area contributed by atoms with E-state index >= 15 is 0 Å². The molecule has 3 aromatic rings. The number of hydrogen-bond acceptors (Lipinski definition) is 6. The Bertz CT molecular complexity index is 1050. The van der Waals surface area contributed by atoms with Crippen LogP contribution < -0.4 is 10.9 Å². The van der Waals surface area contributed by atoms with Crippen molar-refractivity contribution in [2.75, 3.05) is 12.4 Å². The minimum Gasteiger partial charge on any atom is -0.315 e. The number of carbonyl (C=O) groups excluding carboxylic acids is 1. The number of nitrogens with one attached hydrogen (secondary N) is 2. The van der Waals surface area contributed by atoms with Crippen molar-refractivity contribution in [2.24, 2.45) is 0 Å². The number of rotatable bonds is 5. The lowest BCUT2D eigenvalue weighted by molar-refractivity contribution is -0.120. The number of anilines is 1. The number of thiophene rings is 1. The lowest BCUT2D eigenvalue weighted by Gasteiger charge is -2.23. The molecule has 8 heteroatoms. The number of amides is 1. The fourth-order valence-corrected chi connectivity index (χ4v) is 3.23. The quantitative estimate of drug-likeness (QED) is 0.720. The molecule has 1 atom stereocenters. The van der Waals surface area contributed by atoms with E-state index in [9.17, 15) is 9.59 Å². The van der Waals surface area contributed by atoms with Crippen molar-refractivity contribution in [3.8, 4) is 6.07 Å². The second-order valence-electron chi connectivity index (χ2n) is 5.89. The van der Waals surface area contributed by atoms with Crippen molar-refractivity contribution in [3.05, 3.63) is 57.5 Å². The van der Waals surface area contributed by atoms with Gasteiger partial charge in [0.2, 0.25) is 5.91 Å². The highest BCUT2D eigenvalue weighted by Gasteiger charge is 2.20. The lowest BCUT2D eigenvalue weighted by atomic mass is 10.2. The van der Waals surface area contributed by atoms with Gasteiger partial charge in [-0.05, 0) is 37.6 Å². The summed E-state index contributed by atoms with van der Waals surface area (Å²) in [5, 5.41) is 14.6. The van der Waals surface area contributed by atoms with Crippen molar-refractivity contribution < 1.29 is 4.79 Å². The molecule has 1 amide bonds. The number of aromatic amines is 1. The number of benzene rings is 1. The monoisotopic (exact) mass is 367 g/mol. The fourth-order valence-electron chi connectivity index (χ4n) is 2.49. The second kappa shape index (κ2) is 7.47. The normalized spacial score (nSPS) is 12.1. The zero-order chi connectivity index (χ0) is 18.7. The van der Waals surface area contributed by atoms with Crippen LogP contribution in [0.3, 0.4) is 0 Å². The van der Waals surface area contributed by atoms with Crippen LogP contribution in [0.2, 0.25) is 0 Å². The van der Waals surface area contributed by atoms with Gasteiger partial charge in [-0.3, -0.25) is 14.5 Å². The predicted molar refractivity (Wildman–Crippen MR) is 101 cm³/mol. The van der Waals surface area contributed by atoms with E-state index in [1.165, 1.54) is 11.3 Å². The molecule has 0 aliphatic rings. The largest absolute Gasteiger partial charge is 0.315 e. The Morgan fingerprint density at radius 1 is 1.42 bits per heavy atom. The van der Waals surface area contributed by atoms with Crippen molar-refractivity contribution in [2.45, 2.75) is 19.5 Å². The Morgan fingerprint density at radius 3 is 2.96 bits per heavy atom. The molecular weight excluding hydrogens is 350 g/mol. The Hall–Kier alpha value is -3.02. The van der Waals surface area contributed by atoms with Crippen molar-refractivity contribution in [1.29, 1.82) is 5.26 Å². The number of carbonyl (C=O) groups is 1. The van der Waals surface area contributed by atoms with E-state index in [0.717, 1.165) is 0 Å². The number of nitriles is 1. The first-order chi connectivity index (χ1) is 12.5. The van der Waals surface area contributed by atoms with E-state index in [4.69, 9.17) is 5.26 Å². The highest BCUT2D eigenvalue weighted by atomic mass is 32.1. The molecule has 0 radical (unpaired) electrons. The molecule has 1 aromatic carbocycles. The number of fused-ring (bicyclic) bond motifs is 1. The number of H-pyrrole nitrogens is 1. The first-order valence-electron chi connectivity index (χ1n) is 7.96. The van der Waals surface area contributed by atoms with Crippen LogP contribution in [0.15, 0.2) is 40.5 Å². The maximum absolute atomic E-state index is 12.4. The van der Waals surface area contributed by atoms with Gasteiger partial charge < -0.3 is 10.3 Å². The molecule has 0 bridgehead atoms. The molecule has 0 saturated heterocycles. The number of para-hydroxylation sites is 1. The number of hydrogen-bond donors (Lipinski definition) is 2. The standard InChI is InChI=1S/C18H17N5O2S/c1-11(16(24)22-18-12(9-19)7-8-26-18)23(2)10-15-20-14-6-4-3-5-13(14)17(25)21-15/h3-8,11H,10H2,1-2H3,(H,22,24)(H,20,21,25)/t11-/m1/s1. The topological polar surface area (TPSA) is 102 Å². The molecule has 0 aliphatic heterocycles. The highest BCUT2D eigenvalue weighted by molar-refractivity contribution is 7.14. The molecule has 26 heavy (non-hydrogen) atoms. The molecule has 0 aliphatic carbocycles. The van der Waals surface area contributed by atoms with Crippen LogP contribution in [-0.2, 0) is 11.3 Å². The third-order valence-corrected chi connectivity index (χ3v) is 4.95. The van der Waals surface area contributed by atoms with Crippen LogP contribution in [-0.4, -0.2) is 33.9 Å². The van der Waals surface area contributed by atoms with Gasteiger partial charge in [-0.1, -0.05) is 12.1 Å². The number of nitrogens with zero attached hydrogens (tertiary/aromatic N) is 3. The average molecular weight is 367 g/mol. The van der Waals surface area contributed by atoms with Gasteiger partial charge in [0.05, 0.1) is 29.1 Å². The van der Waals surface area contributed by atoms with Gasteiger partial charge in [0, 0.05) is 0 Å². The van der Waals surface area contributed by atoms with Gasteiger partial charge in [-0.25, -0.2) is 4.98 Å². The molecule has 2 aromatic heterocycles. The fraction of sp³-hybridized carbons (Fsp3) is 0.222. The van der Waals surface area contributed by atoms with Crippen molar-refractivity contribution in [1.82, 2.24) is 14.9 Å². The van der Waals surface area contributed by atoms with Crippen LogP contribution in [0, 0.1) is 11.3 Å². The Kier molecular flexibility index (Phi) is 5.11. The van der Waals surface area contributed by atoms with Gasteiger partial charge in [0.25, 0.3) is 5.56 Å². The highest BCUT2D eigenvalue weighted by Crippen LogP contribution is 2.22. The molecule has 7 nitrogen and oxygen atoms in total.